The van der Waals surface area contributed by atoms with Gasteiger partial charge in [-0.25, -0.2) is 4.98 Å². The van der Waals surface area contributed by atoms with E-state index in [4.69, 9.17) is 4.98 Å². The molecule has 2 N–H and O–H groups in total. The number of nitrogens with zero attached hydrogens (tertiary/aromatic N) is 2. The van der Waals surface area contributed by atoms with Gasteiger partial charge in [0.1, 0.15) is 5.82 Å². The zero-order valence-corrected chi connectivity index (χ0v) is 17.7. The molecule has 4 fully saturated rings. The van der Waals surface area contributed by atoms with Gasteiger partial charge in [0.2, 0.25) is 0 Å². The Hall–Kier alpha value is -2.17. The van der Waals surface area contributed by atoms with Gasteiger partial charge in [0, 0.05) is 30.9 Å². The summed E-state index contributed by atoms with van der Waals surface area (Å²) in [5.74, 6) is 2.00. The Morgan fingerprint density at radius 2 is 1.93 bits per heavy atom. The number of rotatable bonds is 4. The van der Waals surface area contributed by atoms with Crippen molar-refractivity contribution in [2.75, 3.05) is 18.4 Å². The highest BCUT2D eigenvalue weighted by Crippen LogP contribution is 2.65. The molecule has 4 aliphatic carbocycles. The number of aromatic nitrogens is 1. The molecule has 0 spiro atoms. The van der Waals surface area contributed by atoms with E-state index in [2.05, 4.69) is 65.1 Å². The minimum absolute atomic E-state index is 0.379. The summed E-state index contributed by atoms with van der Waals surface area (Å²) in [5.41, 5.74) is 8.12. The maximum absolute atomic E-state index is 4.85. The predicted molar refractivity (Wildman–Crippen MR) is 120 cm³/mol. The summed E-state index contributed by atoms with van der Waals surface area (Å²) in [5, 5.41) is 6.87. The highest BCUT2D eigenvalue weighted by atomic mass is 15.3. The van der Waals surface area contributed by atoms with Gasteiger partial charge in [0.15, 0.2) is 0 Å². The Bertz CT molecular complexity index is 1020. The second-order valence-electron chi connectivity index (χ2n) is 10.4. The van der Waals surface area contributed by atoms with E-state index in [-0.39, 0.29) is 0 Å². The maximum Gasteiger partial charge on any atom is 0.126 e. The normalized spacial score (nSPS) is 34.5. The summed E-state index contributed by atoms with van der Waals surface area (Å²) in [7, 11) is 0. The lowest BCUT2D eigenvalue weighted by atomic mass is 9.48. The summed E-state index contributed by atoms with van der Waals surface area (Å²) < 4.78 is 0. The molecule has 3 heterocycles. The molecular formula is C26H30N4. The first-order valence-corrected chi connectivity index (χ1v) is 11.7. The summed E-state index contributed by atoms with van der Waals surface area (Å²) in [6.07, 6.45) is 8.67. The van der Waals surface area contributed by atoms with Crippen molar-refractivity contribution < 1.29 is 0 Å². The van der Waals surface area contributed by atoms with Crippen LogP contribution in [0.4, 0.5) is 5.82 Å². The lowest BCUT2D eigenvalue weighted by Gasteiger charge is -2.70. The third kappa shape index (κ3) is 2.38. The molecule has 1 aromatic heterocycles. The Labute approximate surface area is 178 Å². The Morgan fingerprint density at radius 1 is 1.10 bits per heavy atom. The van der Waals surface area contributed by atoms with Crippen LogP contribution < -0.4 is 10.6 Å². The van der Waals surface area contributed by atoms with Crippen molar-refractivity contribution in [3.8, 4) is 0 Å². The Morgan fingerprint density at radius 3 is 2.60 bits per heavy atom. The SMILES string of the molecule is C[C@@H]1CC2=C(Cc3ccccc32)[C@@H](c2ccc(NC3CNC3)nc2)N1C12CC(C1)C2. The zero-order valence-electron chi connectivity index (χ0n) is 17.7. The molecule has 1 aromatic carbocycles. The van der Waals surface area contributed by atoms with Gasteiger partial charge >= 0.3 is 0 Å². The number of hydrogen-bond acceptors (Lipinski definition) is 4. The van der Waals surface area contributed by atoms with Gasteiger partial charge in [-0.2, -0.15) is 0 Å². The molecular weight excluding hydrogens is 368 g/mol. The van der Waals surface area contributed by atoms with E-state index >= 15 is 0 Å². The Balaban J connectivity index is 1.29. The smallest absolute Gasteiger partial charge is 0.126 e. The monoisotopic (exact) mass is 398 g/mol. The van der Waals surface area contributed by atoms with Gasteiger partial charge in [-0.3, -0.25) is 4.90 Å². The molecule has 1 saturated heterocycles. The fraction of sp³-hybridized carbons (Fsp3) is 0.500. The van der Waals surface area contributed by atoms with Crippen LogP contribution in [0.25, 0.3) is 5.57 Å². The molecule has 2 atom stereocenters. The molecule has 2 aromatic rings. The van der Waals surface area contributed by atoms with E-state index in [0.717, 1.165) is 31.2 Å². The second kappa shape index (κ2) is 6.18. The summed E-state index contributed by atoms with van der Waals surface area (Å²) in [6.45, 7) is 4.54. The van der Waals surface area contributed by atoms with E-state index in [9.17, 15) is 0 Å². The largest absolute Gasteiger partial charge is 0.365 e. The van der Waals surface area contributed by atoms with Gasteiger partial charge in [-0.1, -0.05) is 30.3 Å². The van der Waals surface area contributed by atoms with Crippen molar-refractivity contribution in [3.05, 3.63) is 64.9 Å². The highest BCUT2D eigenvalue weighted by Gasteiger charge is 2.63. The molecule has 4 heteroatoms. The molecule has 154 valence electrons. The molecule has 4 nitrogen and oxygen atoms in total. The molecule has 2 bridgehead atoms. The van der Waals surface area contributed by atoms with Crippen molar-refractivity contribution in [2.24, 2.45) is 5.92 Å². The van der Waals surface area contributed by atoms with Crippen molar-refractivity contribution >= 4 is 11.4 Å². The van der Waals surface area contributed by atoms with E-state index in [1.807, 2.05) is 0 Å². The molecule has 0 radical (unpaired) electrons. The van der Waals surface area contributed by atoms with Crippen LogP contribution in [-0.2, 0) is 6.42 Å². The number of nitrogens with one attached hydrogen (secondary N) is 2. The van der Waals surface area contributed by atoms with Gasteiger partial charge in [0.05, 0.1) is 12.1 Å². The molecule has 3 saturated carbocycles. The molecule has 6 aliphatic rings. The van der Waals surface area contributed by atoms with Gasteiger partial charge in [-0.05, 0) is 78.8 Å². The summed E-state index contributed by atoms with van der Waals surface area (Å²) in [6, 6.07) is 15.1. The van der Waals surface area contributed by atoms with Gasteiger partial charge < -0.3 is 10.6 Å². The van der Waals surface area contributed by atoms with Crippen molar-refractivity contribution in [1.29, 1.82) is 0 Å². The van der Waals surface area contributed by atoms with Crippen LogP contribution in [0.3, 0.4) is 0 Å². The number of pyridine rings is 1. The van der Waals surface area contributed by atoms with Crippen molar-refractivity contribution in [3.63, 3.8) is 0 Å². The average molecular weight is 399 g/mol. The minimum atomic E-state index is 0.379. The Kier molecular flexibility index (Phi) is 3.60. The fourth-order valence-electron chi connectivity index (χ4n) is 6.88. The van der Waals surface area contributed by atoms with E-state index in [1.54, 1.807) is 11.1 Å². The van der Waals surface area contributed by atoms with Crippen molar-refractivity contribution in [2.45, 2.75) is 62.7 Å². The number of benzene rings is 1. The van der Waals surface area contributed by atoms with Crippen LogP contribution in [0, 0.1) is 5.92 Å². The number of anilines is 1. The highest BCUT2D eigenvalue weighted by molar-refractivity contribution is 5.79. The van der Waals surface area contributed by atoms with Crippen LogP contribution in [0.2, 0.25) is 0 Å². The standard InChI is InChI=1S/C26H30N4/c1-16-8-22-21-5-3-2-4-18(21)9-23(22)25(30(16)26-10-17(11-26)12-26)19-6-7-24(28-13-19)29-20-14-27-15-20/h2-7,13,16-17,20,25,27H,8-12,14-15H2,1H3,(H,28,29)/t16-,17?,25-,26?/m1/s1. The third-order valence-corrected chi connectivity index (χ3v) is 8.48. The molecule has 8 rings (SSSR count). The van der Waals surface area contributed by atoms with Gasteiger partial charge in [-0.15, -0.1) is 0 Å². The molecule has 0 amide bonds. The van der Waals surface area contributed by atoms with Crippen molar-refractivity contribution in [1.82, 2.24) is 15.2 Å². The number of fused-ring (bicyclic) bond motifs is 2. The third-order valence-electron chi connectivity index (χ3n) is 8.48. The number of hydrogen-bond donors (Lipinski definition) is 2. The molecule has 0 unspecified atom stereocenters. The van der Waals surface area contributed by atoms with Crippen LogP contribution in [0.15, 0.2) is 48.2 Å². The maximum atomic E-state index is 4.85. The second-order valence-corrected chi connectivity index (χ2v) is 10.4. The van der Waals surface area contributed by atoms with Crippen LogP contribution >= 0.6 is 0 Å². The first kappa shape index (κ1) is 17.5. The van der Waals surface area contributed by atoms with Gasteiger partial charge in [0.25, 0.3) is 0 Å². The molecule has 2 aliphatic heterocycles. The molecule has 30 heavy (non-hydrogen) atoms. The quantitative estimate of drug-likeness (QED) is 0.811. The van der Waals surface area contributed by atoms with E-state index in [1.165, 1.54) is 42.4 Å². The first-order chi connectivity index (χ1) is 14.7. The van der Waals surface area contributed by atoms with Crippen LogP contribution in [0.1, 0.15) is 55.3 Å². The van der Waals surface area contributed by atoms with E-state index in [0.29, 0.717) is 23.7 Å². The van der Waals surface area contributed by atoms with E-state index < -0.39 is 0 Å². The first-order valence-electron chi connectivity index (χ1n) is 11.7. The van der Waals surface area contributed by atoms with Crippen LogP contribution in [-0.4, -0.2) is 40.6 Å². The minimum Gasteiger partial charge on any atom is -0.365 e. The lowest BCUT2D eigenvalue weighted by molar-refractivity contribution is -0.173. The zero-order chi connectivity index (χ0) is 19.9. The predicted octanol–water partition coefficient (Wildman–Crippen LogP) is 4.16. The summed E-state index contributed by atoms with van der Waals surface area (Å²) in [4.78, 5) is 7.76. The van der Waals surface area contributed by atoms with Crippen LogP contribution in [0.5, 0.6) is 0 Å². The topological polar surface area (TPSA) is 40.2 Å². The fourth-order valence-corrected chi connectivity index (χ4v) is 6.88. The average Bonchev–Trinajstić information content (AvgIpc) is 3.02. The lowest BCUT2D eigenvalue weighted by Crippen LogP contribution is -2.71. The summed E-state index contributed by atoms with van der Waals surface area (Å²) >= 11 is 0.